The Morgan fingerprint density at radius 1 is 0.950 bits per heavy atom. The van der Waals surface area contributed by atoms with Gasteiger partial charge in [0.05, 0.1) is 0 Å². The second-order valence-corrected chi connectivity index (χ2v) is 6.25. The number of hydrogen-bond donors (Lipinski definition) is 0. The number of benzene rings is 1. The van der Waals surface area contributed by atoms with Gasteiger partial charge in [-0.15, -0.1) is 0 Å². The Labute approximate surface area is 121 Å². The molecule has 0 bridgehead atoms. The van der Waals surface area contributed by atoms with Crippen LogP contribution in [0.4, 0.5) is 0 Å². The molecular formula is C19H22O. The summed E-state index contributed by atoms with van der Waals surface area (Å²) >= 11 is 0. The first-order valence-corrected chi connectivity index (χ1v) is 8.07. The van der Waals surface area contributed by atoms with E-state index in [0.717, 1.165) is 6.42 Å². The molecule has 1 heteroatoms. The van der Waals surface area contributed by atoms with Crippen LogP contribution in [-0.2, 0) is 4.74 Å². The van der Waals surface area contributed by atoms with Gasteiger partial charge in [0, 0.05) is 12.3 Å². The first-order valence-electron chi connectivity index (χ1n) is 8.07. The summed E-state index contributed by atoms with van der Waals surface area (Å²) in [7, 11) is 0. The molecule has 3 aliphatic rings. The fourth-order valence-corrected chi connectivity index (χ4v) is 4.06. The van der Waals surface area contributed by atoms with Crippen molar-refractivity contribution in [3.05, 3.63) is 58.9 Å². The Balaban J connectivity index is 1.77. The minimum Gasteiger partial charge on any atom is -0.489 e. The third-order valence-corrected chi connectivity index (χ3v) is 5.01. The zero-order valence-corrected chi connectivity index (χ0v) is 12.0. The molecule has 0 aromatic heterocycles. The second kappa shape index (κ2) is 5.12. The lowest BCUT2D eigenvalue weighted by Gasteiger charge is -2.41. The van der Waals surface area contributed by atoms with E-state index in [9.17, 15) is 0 Å². The van der Waals surface area contributed by atoms with Crippen LogP contribution in [0.1, 0.15) is 56.6 Å². The van der Waals surface area contributed by atoms with E-state index in [1.165, 1.54) is 49.8 Å². The molecule has 1 aliphatic heterocycles. The van der Waals surface area contributed by atoms with Crippen molar-refractivity contribution in [2.45, 2.75) is 51.0 Å². The normalized spacial score (nSPS) is 29.1. The van der Waals surface area contributed by atoms with Crippen molar-refractivity contribution in [2.75, 3.05) is 0 Å². The fraction of sp³-hybridized carbons (Fsp3) is 0.474. The van der Waals surface area contributed by atoms with Gasteiger partial charge in [0.2, 0.25) is 0 Å². The maximum Gasteiger partial charge on any atom is 0.130 e. The molecule has 1 nitrogen and oxygen atoms in total. The highest BCUT2D eigenvalue weighted by atomic mass is 16.5. The summed E-state index contributed by atoms with van der Waals surface area (Å²) in [4.78, 5) is 0. The molecule has 2 aliphatic carbocycles. The summed E-state index contributed by atoms with van der Waals surface area (Å²) in [6, 6.07) is 10.8. The van der Waals surface area contributed by atoms with Gasteiger partial charge in [0.1, 0.15) is 11.9 Å². The first kappa shape index (κ1) is 12.3. The Bertz CT molecular complexity index is 552. The molecule has 4 rings (SSSR count). The van der Waals surface area contributed by atoms with E-state index < -0.39 is 0 Å². The zero-order chi connectivity index (χ0) is 13.4. The molecule has 0 fully saturated rings. The topological polar surface area (TPSA) is 9.23 Å². The highest BCUT2D eigenvalue weighted by Gasteiger charge is 2.37. The standard InChI is InChI=1S/C19H22O/c1-2-8-14(9-3-1)19-17-12-5-4-10-15(17)16-11-6-7-13-18(16)20-19/h1-3,8-10,17,19H,4-7,11-13H2/t17-,19-/m1/s1. The minimum absolute atomic E-state index is 0.250. The van der Waals surface area contributed by atoms with E-state index in [1.54, 1.807) is 11.1 Å². The van der Waals surface area contributed by atoms with Crippen molar-refractivity contribution in [1.82, 2.24) is 0 Å². The van der Waals surface area contributed by atoms with Crippen LogP contribution in [0, 0.1) is 5.92 Å². The molecule has 104 valence electrons. The van der Waals surface area contributed by atoms with E-state index in [2.05, 4.69) is 36.4 Å². The van der Waals surface area contributed by atoms with Crippen LogP contribution in [0.3, 0.4) is 0 Å². The number of allylic oxidation sites excluding steroid dienone is 3. The molecule has 1 aromatic rings. The van der Waals surface area contributed by atoms with Gasteiger partial charge in [-0.1, -0.05) is 36.4 Å². The lowest BCUT2D eigenvalue weighted by molar-refractivity contribution is 0.0464. The maximum atomic E-state index is 6.48. The average molecular weight is 266 g/mol. The largest absolute Gasteiger partial charge is 0.489 e. The molecule has 0 amide bonds. The van der Waals surface area contributed by atoms with Crippen LogP contribution in [-0.4, -0.2) is 0 Å². The van der Waals surface area contributed by atoms with Gasteiger partial charge in [-0.3, -0.25) is 0 Å². The minimum atomic E-state index is 0.250. The Hall–Kier alpha value is -1.50. The highest BCUT2D eigenvalue weighted by molar-refractivity contribution is 5.42. The van der Waals surface area contributed by atoms with Crippen LogP contribution in [0.5, 0.6) is 0 Å². The van der Waals surface area contributed by atoms with Crippen molar-refractivity contribution in [3.8, 4) is 0 Å². The summed E-state index contributed by atoms with van der Waals surface area (Å²) in [5.41, 5.74) is 4.54. The van der Waals surface area contributed by atoms with Crippen LogP contribution < -0.4 is 0 Å². The van der Waals surface area contributed by atoms with Crippen molar-refractivity contribution in [1.29, 1.82) is 0 Å². The molecule has 0 spiro atoms. The molecule has 0 unspecified atom stereocenters. The summed E-state index contributed by atoms with van der Waals surface area (Å²) in [5.74, 6) is 1.89. The lowest BCUT2D eigenvalue weighted by atomic mass is 9.73. The Kier molecular flexibility index (Phi) is 3.14. The first-order chi connectivity index (χ1) is 9.93. The van der Waals surface area contributed by atoms with E-state index >= 15 is 0 Å². The van der Waals surface area contributed by atoms with Gasteiger partial charge >= 0.3 is 0 Å². The average Bonchev–Trinajstić information content (AvgIpc) is 2.55. The van der Waals surface area contributed by atoms with E-state index in [-0.39, 0.29) is 6.10 Å². The summed E-state index contributed by atoms with van der Waals surface area (Å²) < 4.78 is 6.48. The summed E-state index contributed by atoms with van der Waals surface area (Å²) in [6.45, 7) is 0. The molecule has 0 radical (unpaired) electrons. The monoisotopic (exact) mass is 266 g/mol. The van der Waals surface area contributed by atoms with Crippen molar-refractivity contribution in [2.24, 2.45) is 5.92 Å². The third-order valence-electron chi connectivity index (χ3n) is 5.01. The van der Waals surface area contributed by atoms with E-state index in [4.69, 9.17) is 4.74 Å². The van der Waals surface area contributed by atoms with Crippen LogP contribution in [0.15, 0.2) is 53.3 Å². The van der Waals surface area contributed by atoms with E-state index in [0.29, 0.717) is 5.92 Å². The Morgan fingerprint density at radius 3 is 2.70 bits per heavy atom. The van der Waals surface area contributed by atoms with Crippen LogP contribution in [0.25, 0.3) is 0 Å². The summed E-state index contributed by atoms with van der Waals surface area (Å²) in [6.07, 6.45) is 11.6. The van der Waals surface area contributed by atoms with Crippen LogP contribution >= 0.6 is 0 Å². The van der Waals surface area contributed by atoms with Gasteiger partial charge in [0.15, 0.2) is 0 Å². The molecule has 0 saturated carbocycles. The van der Waals surface area contributed by atoms with Gasteiger partial charge in [0.25, 0.3) is 0 Å². The van der Waals surface area contributed by atoms with Crippen molar-refractivity contribution in [3.63, 3.8) is 0 Å². The lowest BCUT2D eigenvalue weighted by Crippen LogP contribution is -2.28. The Morgan fingerprint density at radius 2 is 1.80 bits per heavy atom. The number of ether oxygens (including phenoxy) is 1. The third kappa shape index (κ3) is 2.00. The number of fused-ring (bicyclic) bond motifs is 2. The van der Waals surface area contributed by atoms with Crippen molar-refractivity contribution >= 4 is 0 Å². The van der Waals surface area contributed by atoms with Gasteiger partial charge in [-0.05, 0) is 55.2 Å². The summed E-state index contributed by atoms with van der Waals surface area (Å²) in [5, 5.41) is 0. The molecule has 1 aromatic carbocycles. The fourth-order valence-electron chi connectivity index (χ4n) is 4.06. The molecule has 0 saturated heterocycles. The van der Waals surface area contributed by atoms with Crippen molar-refractivity contribution < 1.29 is 4.74 Å². The van der Waals surface area contributed by atoms with E-state index in [1.807, 2.05) is 0 Å². The quantitative estimate of drug-likeness (QED) is 0.669. The number of rotatable bonds is 1. The zero-order valence-electron chi connectivity index (χ0n) is 12.0. The molecule has 0 N–H and O–H groups in total. The molecule has 1 heterocycles. The SMILES string of the molecule is C1=C2C3=C(CCCC3)O[C@H](c3ccccc3)[C@@H]2CCC1. The smallest absolute Gasteiger partial charge is 0.130 e. The van der Waals surface area contributed by atoms with Gasteiger partial charge < -0.3 is 4.74 Å². The van der Waals surface area contributed by atoms with Gasteiger partial charge in [-0.25, -0.2) is 0 Å². The molecular weight excluding hydrogens is 244 g/mol. The molecule has 2 atom stereocenters. The van der Waals surface area contributed by atoms with Gasteiger partial charge in [-0.2, -0.15) is 0 Å². The second-order valence-electron chi connectivity index (χ2n) is 6.25. The highest BCUT2D eigenvalue weighted by Crippen LogP contribution is 2.49. The predicted octanol–water partition coefficient (Wildman–Crippen LogP) is 5.31. The van der Waals surface area contributed by atoms with Crippen LogP contribution in [0.2, 0.25) is 0 Å². The maximum absolute atomic E-state index is 6.48. The predicted molar refractivity (Wildman–Crippen MR) is 81.2 cm³/mol. The number of hydrogen-bond acceptors (Lipinski definition) is 1. The molecule has 20 heavy (non-hydrogen) atoms.